The fraction of sp³-hybridized carbons (Fsp3) is 0.600. The highest BCUT2D eigenvalue weighted by molar-refractivity contribution is 7.89. The summed E-state index contributed by atoms with van der Waals surface area (Å²) < 4.78 is 45.9. The van der Waals surface area contributed by atoms with Crippen LogP contribution in [0.15, 0.2) is 23.1 Å². The highest BCUT2D eigenvalue weighted by Crippen LogP contribution is 2.19. The van der Waals surface area contributed by atoms with E-state index in [0.717, 1.165) is 19.2 Å². The van der Waals surface area contributed by atoms with Crippen LogP contribution in [0.4, 0.5) is 4.39 Å². The maximum Gasteiger partial charge on any atom is 0.240 e. The van der Waals surface area contributed by atoms with Crippen LogP contribution < -0.4 is 4.72 Å². The first kappa shape index (κ1) is 17.3. The lowest BCUT2D eigenvalue weighted by atomic mass is 10.0. The molecule has 22 heavy (non-hydrogen) atoms. The number of benzene rings is 1. The Balaban J connectivity index is 2.08. The number of halogens is 1. The van der Waals surface area contributed by atoms with Crippen LogP contribution in [0.5, 0.6) is 0 Å². The van der Waals surface area contributed by atoms with Crippen molar-refractivity contribution in [2.24, 2.45) is 0 Å². The van der Waals surface area contributed by atoms with Gasteiger partial charge in [-0.25, -0.2) is 17.5 Å². The molecule has 7 heteroatoms. The van der Waals surface area contributed by atoms with Crippen molar-refractivity contribution in [3.8, 4) is 0 Å². The van der Waals surface area contributed by atoms with Gasteiger partial charge in [0.2, 0.25) is 10.0 Å². The zero-order valence-electron chi connectivity index (χ0n) is 13.2. The van der Waals surface area contributed by atoms with Crippen LogP contribution >= 0.6 is 0 Å². The molecule has 0 atom stereocenters. The van der Waals surface area contributed by atoms with Gasteiger partial charge in [0.15, 0.2) is 0 Å². The minimum atomic E-state index is -3.65. The second kappa shape index (κ2) is 6.62. The van der Waals surface area contributed by atoms with Gasteiger partial charge in [-0.15, -0.1) is 0 Å². The van der Waals surface area contributed by atoms with E-state index in [1.165, 1.54) is 12.1 Å². The van der Waals surface area contributed by atoms with E-state index in [-0.39, 0.29) is 17.0 Å². The van der Waals surface area contributed by atoms with Gasteiger partial charge in [-0.1, -0.05) is 0 Å². The third kappa shape index (κ3) is 4.04. The van der Waals surface area contributed by atoms with E-state index in [0.29, 0.717) is 18.8 Å². The summed E-state index contributed by atoms with van der Waals surface area (Å²) in [4.78, 5) is 2.32. The normalized spacial score (nSPS) is 17.6. The zero-order chi connectivity index (χ0) is 16.4. The average Bonchev–Trinajstić information content (AvgIpc) is 2.46. The second-order valence-corrected chi connectivity index (χ2v) is 7.88. The summed E-state index contributed by atoms with van der Waals surface area (Å²) in [7, 11) is -3.65. The Morgan fingerprint density at radius 1 is 1.32 bits per heavy atom. The molecule has 1 N–H and O–H groups in total. The van der Waals surface area contributed by atoms with E-state index in [1.807, 2.05) is 13.8 Å². The molecule has 1 fully saturated rings. The standard InChI is InChI=1S/C15H23FN2O3S/c1-12-10-13(16)4-5-14(12)22(19,20)17-11-15(2,3)18-6-8-21-9-7-18/h4-5,10,17H,6-9,11H2,1-3H3. The third-order valence-electron chi connectivity index (χ3n) is 3.99. The summed E-state index contributed by atoms with van der Waals surface area (Å²) in [5.74, 6) is -0.440. The molecule has 1 aromatic carbocycles. The molecule has 5 nitrogen and oxygen atoms in total. The summed E-state index contributed by atoms with van der Waals surface area (Å²) in [5.41, 5.74) is 0.0850. The molecule has 0 amide bonds. The van der Waals surface area contributed by atoms with Crippen LogP contribution in [0.3, 0.4) is 0 Å². The monoisotopic (exact) mass is 330 g/mol. The summed E-state index contributed by atoms with van der Waals surface area (Å²) >= 11 is 0. The number of hydrogen-bond acceptors (Lipinski definition) is 4. The lowest BCUT2D eigenvalue weighted by molar-refractivity contribution is -0.00803. The summed E-state index contributed by atoms with van der Waals surface area (Å²) in [6.07, 6.45) is 0. The molecule has 0 aromatic heterocycles. The van der Waals surface area contributed by atoms with Crippen molar-refractivity contribution in [2.45, 2.75) is 31.2 Å². The number of hydrogen-bond donors (Lipinski definition) is 1. The fourth-order valence-electron chi connectivity index (χ4n) is 2.54. The number of nitrogens with zero attached hydrogens (tertiary/aromatic N) is 1. The van der Waals surface area contributed by atoms with Crippen molar-refractivity contribution in [1.29, 1.82) is 0 Å². The highest BCUT2D eigenvalue weighted by Gasteiger charge is 2.30. The highest BCUT2D eigenvalue weighted by atomic mass is 32.2. The van der Waals surface area contributed by atoms with Crippen LogP contribution in [0, 0.1) is 12.7 Å². The van der Waals surface area contributed by atoms with E-state index < -0.39 is 15.8 Å². The van der Waals surface area contributed by atoms with Gasteiger partial charge >= 0.3 is 0 Å². The van der Waals surface area contributed by atoms with E-state index in [9.17, 15) is 12.8 Å². The summed E-state index contributed by atoms with van der Waals surface area (Å²) in [6, 6.07) is 3.69. The molecule has 0 bridgehead atoms. The molecule has 1 aromatic rings. The molecule has 124 valence electrons. The van der Waals surface area contributed by atoms with Gasteiger partial charge in [-0.3, -0.25) is 4.90 Å². The first-order chi connectivity index (χ1) is 10.2. The van der Waals surface area contributed by atoms with Gasteiger partial charge in [0.05, 0.1) is 18.1 Å². The molecule has 1 saturated heterocycles. The van der Waals surface area contributed by atoms with Crippen molar-refractivity contribution >= 4 is 10.0 Å². The molecular formula is C15H23FN2O3S. The Labute approximate surface area is 131 Å². The number of ether oxygens (including phenoxy) is 1. The number of nitrogens with one attached hydrogen (secondary N) is 1. The van der Waals surface area contributed by atoms with Gasteiger partial charge < -0.3 is 4.74 Å². The maximum atomic E-state index is 13.1. The second-order valence-electron chi connectivity index (χ2n) is 6.15. The first-order valence-corrected chi connectivity index (χ1v) is 8.79. The average molecular weight is 330 g/mol. The summed E-state index contributed by atoms with van der Waals surface area (Å²) in [6.45, 7) is 8.75. The lowest BCUT2D eigenvalue weighted by Gasteiger charge is -2.40. The molecule has 1 heterocycles. The molecule has 2 rings (SSSR count). The van der Waals surface area contributed by atoms with Crippen LogP contribution in [0.1, 0.15) is 19.4 Å². The quantitative estimate of drug-likeness (QED) is 0.889. The van der Waals surface area contributed by atoms with Crippen molar-refractivity contribution in [2.75, 3.05) is 32.8 Å². The van der Waals surface area contributed by atoms with E-state index in [1.54, 1.807) is 6.92 Å². The topological polar surface area (TPSA) is 58.6 Å². The number of sulfonamides is 1. The minimum Gasteiger partial charge on any atom is -0.379 e. The minimum absolute atomic E-state index is 0.117. The van der Waals surface area contributed by atoms with E-state index in [2.05, 4.69) is 9.62 Å². The van der Waals surface area contributed by atoms with Crippen molar-refractivity contribution < 1.29 is 17.5 Å². The largest absolute Gasteiger partial charge is 0.379 e. The van der Waals surface area contributed by atoms with Gasteiger partial charge in [-0.2, -0.15) is 0 Å². The van der Waals surface area contributed by atoms with Gasteiger partial charge in [0.1, 0.15) is 5.82 Å². The molecule has 1 aliphatic rings. The van der Waals surface area contributed by atoms with E-state index in [4.69, 9.17) is 4.74 Å². The number of aryl methyl sites for hydroxylation is 1. The molecule has 1 aliphatic heterocycles. The van der Waals surface area contributed by atoms with Crippen LogP contribution in [-0.4, -0.2) is 51.7 Å². The maximum absolute atomic E-state index is 13.1. The Bertz CT molecular complexity index is 626. The Morgan fingerprint density at radius 2 is 1.95 bits per heavy atom. The predicted octanol–water partition coefficient (Wildman–Crippen LogP) is 1.52. The van der Waals surface area contributed by atoms with E-state index >= 15 is 0 Å². The van der Waals surface area contributed by atoms with Gasteiger partial charge in [0.25, 0.3) is 0 Å². The Hall–Kier alpha value is -1.02. The smallest absolute Gasteiger partial charge is 0.240 e. The van der Waals surface area contributed by atoms with Crippen LogP contribution in [-0.2, 0) is 14.8 Å². The summed E-state index contributed by atoms with van der Waals surface area (Å²) in [5, 5.41) is 0. The zero-order valence-corrected chi connectivity index (χ0v) is 14.0. The Kier molecular flexibility index (Phi) is 5.21. The molecule has 0 aliphatic carbocycles. The molecular weight excluding hydrogens is 307 g/mol. The number of rotatable bonds is 5. The predicted molar refractivity (Wildman–Crippen MR) is 82.8 cm³/mol. The van der Waals surface area contributed by atoms with Crippen molar-refractivity contribution in [1.82, 2.24) is 9.62 Å². The van der Waals surface area contributed by atoms with Gasteiger partial charge in [-0.05, 0) is 44.5 Å². The van der Waals surface area contributed by atoms with Crippen molar-refractivity contribution in [3.05, 3.63) is 29.6 Å². The molecule has 0 spiro atoms. The van der Waals surface area contributed by atoms with Crippen molar-refractivity contribution in [3.63, 3.8) is 0 Å². The SMILES string of the molecule is Cc1cc(F)ccc1S(=O)(=O)NCC(C)(C)N1CCOCC1. The fourth-order valence-corrected chi connectivity index (χ4v) is 3.97. The third-order valence-corrected chi connectivity index (χ3v) is 5.55. The molecule has 0 unspecified atom stereocenters. The Morgan fingerprint density at radius 3 is 2.55 bits per heavy atom. The number of morpholine rings is 1. The van der Waals surface area contributed by atoms with Gasteiger partial charge in [0, 0.05) is 25.2 Å². The van der Waals surface area contributed by atoms with Crippen LogP contribution in [0.25, 0.3) is 0 Å². The van der Waals surface area contributed by atoms with Crippen LogP contribution in [0.2, 0.25) is 0 Å². The lowest BCUT2D eigenvalue weighted by Crippen LogP contribution is -2.55. The molecule has 0 radical (unpaired) electrons. The molecule has 0 saturated carbocycles. The first-order valence-electron chi connectivity index (χ1n) is 7.31.